The maximum absolute atomic E-state index is 5.90. The predicted octanol–water partition coefficient (Wildman–Crippen LogP) is 3.82. The van der Waals surface area contributed by atoms with Crippen molar-refractivity contribution < 1.29 is 4.74 Å². The van der Waals surface area contributed by atoms with Crippen molar-refractivity contribution in [2.24, 2.45) is 0 Å². The molecule has 0 saturated carbocycles. The van der Waals surface area contributed by atoms with Crippen molar-refractivity contribution in [2.45, 2.75) is 20.4 Å². The van der Waals surface area contributed by atoms with Crippen molar-refractivity contribution >= 4 is 0 Å². The van der Waals surface area contributed by atoms with Crippen LogP contribution >= 0.6 is 0 Å². The van der Waals surface area contributed by atoms with Crippen molar-refractivity contribution in [3.05, 3.63) is 59.2 Å². The molecule has 0 saturated heterocycles. The van der Waals surface area contributed by atoms with Crippen LogP contribution in [-0.2, 0) is 6.54 Å². The van der Waals surface area contributed by atoms with Gasteiger partial charge >= 0.3 is 0 Å². The highest BCUT2D eigenvalue weighted by molar-refractivity contribution is 5.40. The monoisotopic (exact) mass is 241 g/mol. The fourth-order valence-electron chi connectivity index (χ4n) is 1.92. The first kappa shape index (κ1) is 12.7. The molecule has 0 fully saturated rings. The van der Waals surface area contributed by atoms with Crippen LogP contribution in [0.3, 0.4) is 0 Å². The molecule has 0 aliphatic heterocycles. The summed E-state index contributed by atoms with van der Waals surface area (Å²) in [7, 11) is 1.96. The van der Waals surface area contributed by atoms with Gasteiger partial charge in [0.2, 0.25) is 0 Å². The topological polar surface area (TPSA) is 21.3 Å². The van der Waals surface area contributed by atoms with Crippen LogP contribution in [0.1, 0.15) is 16.7 Å². The van der Waals surface area contributed by atoms with Crippen molar-refractivity contribution in [2.75, 3.05) is 7.05 Å². The molecule has 18 heavy (non-hydrogen) atoms. The lowest BCUT2D eigenvalue weighted by molar-refractivity contribution is 0.478. The van der Waals surface area contributed by atoms with Crippen LogP contribution in [0, 0.1) is 13.8 Å². The van der Waals surface area contributed by atoms with E-state index < -0.39 is 0 Å². The molecule has 0 radical (unpaired) electrons. The minimum Gasteiger partial charge on any atom is -0.457 e. The van der Waals surface area contributed by atoms with Crippen LogP contribution in [0.5, 0.6) is 11.5 Å². The van der Waals surface area contributed by atoms with Crippen molar-refractivity contribution in [3.63, 3.8) is 0 Å². The van der Waals surface area contributed by atoms with Crippen molar-refractivity contribution in [1.82, 2.24) is 5.32 Å². The van der Waals surface area contributed by atoms with E-state index >= 15 is 0 Å². The summed E-state index contributed by atoms with van der Waals surface area (Å²) >= 11 is 0. The first-order valence-corrected chi connectivity index (χ1v) is 6.18. The highest BCUT2D eigenvalue weighted by Crippen LogP contribution is 2.26. The lowest BCUT2D eigenvalue weighted by Crippen LogP contribution is -2.06. The molecule has 0 aromatic heterocycles. The van der Waals surface area contributed by atoms with E-state index in [-0.39, 0.29) is 0 Å². The second-order valence-corrected chi connectivity index (χ2v) is 4.49. The Morgan fingerprint density at radius 2 is 1.78 bits per heavy atom. The van der Waals surface area contributed by atoms with Gasteiger partial charge in [0.15, 0.2) is 0 Å². The van der Waals surface area contributed by atoms with Crippen LogP contribution < -0.4 is 10.1 Å². The van der Waals surface area contributed by atoms with Gasteiger partial charge in [0.1, 0.15) is 11.5 Å². The fourth-order valence-corrected chi connectivity index (χ4v) is 1.92. The van der Waals surface area contributed by atoms with Gasteiger partial charge in [-0.2, -0.15) is 0 Å². The highest BCUT2D eigenvalue weighted by atomic mass is 16.5. The Labute approximate surface area is 109 Å². The summed E-state index contributed by atoms with van der Waals surface area (Å²) < 4.78 is 5.90. The van der Waals surface area contributed by atoms with E-state index in [1.807, 2.05) is 31.3 Å². The summed E-state index contributed by atoms with van der Waals surface area (Å²) in [5.74, 6) is 1.81. The molecule has 2 nitrogen and oxygen atoms in total. The Bertz CT molecular complexity index is 534. The van der Waals surface area contributed by atoms with Crippen LogP contribution in [0.2, 0.25) is 0 Å². The van der Waals surface area contributed by atoms with E-state index in [9.17, 15) is 0 Å². The van der Waals surface area contributed by atoms with Crippen LogP contribution in [0.25, 0.3) is 0 Å². The zero-order chi connectivity index (χ0) is 13.0. The Hall–Kier alpha value is -1.80. The summed E-state index contributed by atoms with van der Waals surface area (Å²) in [6, 6.07) is 14.3. The van der Waals surface area contributed by atoms with E-state index in [0.717, 1.165) is 23.6 Å². The molecular weight excluding hydrogens is 222 g/mol. The summed E-state index contributed by atoms with van der Waals surface area (Å²) in [6.07, 6.45) is 0. The Morgan fingerprint density at radius 3 is 2.44 bits per heavy atom. The molecule has 0 unspecified atom stereocenters. The average molecular weight is 241 g/mol. The molecule has 0 heterocycles. The molecule has 94 valence electrons. The molecule has 0 amide bonds. The third-order valence-corrected chi connectivity index (χ3v) is 3.00. The summed E-state index contributed by atoms with van der Waals surface area (Å²) in [5.41, 5.74) is 3.69. The van der Waals surface area contributed by atoms with E-state index in [2.05, 4.69) is 37.4 Å². The second kappa shape index (κ2) is 5.69. The Morgan fingerprint density at radius 1 is 1.00 bits per heavy atom. The number of benzene rings is 2. The quantitative estimate of drug-likeness (QED) is 0.878. The zero-order valence-corrected chi connectivity index (χ0v) is 11.2. The largest absolute Gasteiger partial charge is 0.457 e. The minimum atomic E-state index is 0.885. The summed E-state index contributed by atoms with van der Waals surface area (Å²) in [5, 5.41) is 3.16. The van der Waals surface area contributed by atoms with Gasteiger partial charge in [0, 0.05) is 6.54 Å². The van der Waals surface area contributed by atoms with Gasteiger partial charge < -0.3 is 10.1 Å². The standard InChI is InChI=1S/C16H19NO/c1-12-6-4-5-7-16(12)18-15-9-8-14(11-17-3)13(2)10-15/h4-10,17H,11H2,1-3H3. The first-order chi connectivity index (χ1) is 8.70. The number of rotatable bonds is 4. The van der Waals surface area contributed by atoms with E-state index in [0.29, 0.717) is 0 Å². The number of ether oxygens (including phenoxy) is 1. The van der Waals surface area contributed by atoms with Crippen LogP contribution in [0.4, 0.5) is 0 Å². The van der Waals surface area contributed by atoms with Gasteiger partial charge in [-0.3, -0.25) is 0 Å². The van der Waals surface area contributed by atoms with Gasteiger partial charge in [-0.1, -0.05) is 24.3 Å². The normalized spacial score (nSPS) is 10.4. The Kier molecular flexibility index (Phi) is 4.00. The summed E-state index contributed by atoms with van der Waals surface area (Å²) in [4.78, 5) is 0. The number of aryl methyl sites for hydroxylation is 2. The minimum absolute atomic E-state index is 0.885. The molecule has 1 N–H and O–H groups in total. The lowest BCUT2D eigenvalue weighted by atomic mass is 10.1. The third kappa shape index (κ3) is 2.90. The van der Waals surface area contributed by atoms with Crippen LogP contribution in [0.15, 0.2) is 42.5 Å². The fraction of sp³-hybridized carbons (Fsp3) is 0.250. The third-order valence-electron chi connectivity index (χ3n) is 3.00. The maximum Gasteiger partial charge on any atom is 0.130 e. The SMILES string of the molecule is CNCc1ccc(Oc2ccccc2C)cc1C. The first-order valence-electron chi connectivity index (χ1n) is 6.18. The molecule has 0 aliphatic rings. The maximum atomic E-state index is 5.90. The number of para-hydroxylation sites is 1. The molecule has 2 heteroatoms. The molecule has 0 spiro atoms. The molecule has 2 aromatic rings. The lowest BCUT2D eigenvalue weighted by Gasteiger charge is -2.11. The van der Waals surface area contributed by atoms with Crippen LogP contribution in [-0.4, -0.2) is 7.05 Å². The van der Waals surface area contributed by atoms with Gasteiger partial charge in [0.25, 0.3) is 0 Å². The number of hydrogen-bond acceptors (Lipinski definition) is 2. The van der Waals surface area contributed by atoms with Gasteiger partial charge in [0.05, 0.1) is 0 Å². The second-order valence-electron chi connectivity index (χ2n) is 4.49. The average Bonchev–Trinajstić information content (AvgIpc) is 2.36. The highest BCUT2D eigenvalue weighted by Gasteiger charge is 2.03. The van der Waals surface area contributed by atoms with Crippen molar-refractivity contribution in [1.29, 1.82) is 0 Å². The molecule has 0 atom stereocenters. The smallest absolute Gasteiger partial charge is 0.130 e. The zero-order valence-electron chi connectivity index (χ0n) is 11.2. The molecule has 2 rings (SSSR count). The predicted molar refractivity (Wildman–Crippen MR) is 75.2 cm³/mol. The van der Waals surface area contributed by atoms with Crippen molar-refractivity contribution in [3.8, 4) is 11.5 Å². The van der Waals surface area contributed by atoms with Gasteiger partial charge in [-0.25, -0.2) is 0 Å². The summed E-state index contributed by atoms with van der Waals surface area (Å²) in [6.45, 7) is 5.05. The molecule has 0 aliphatic carbocycles. The molecule has 2 aromatic carbocycles. The van der Waals surface area contributed by atoms with Gasteiger partial charge in [-0.05, 0) is 55.8 Å². The van der Waals surface area contributed by atoms with E-state index in [4.69, 9.17) is 4.74 Å². The number of nitrogens with one attached hydrogen (secondary N) is 1. The number of hydrogen-bond donors (Lipinski definition) is 1. The Balaban J connectivity index is 2.20. The van der Waals surface area contributed by atoms with Gasteiger partial charge in [-0.15, -0.1) is 0 Å². The molecule has 0 bridgehead atoms. The van der Waals surface area contributed by atoms with E-state index in [1.165, 1.54) is 11.1 Å². The van der Waals surface area contributed by atoms with E-state index in [1.54, 1.807) is 0 Å². The molecular formula is C16H19NO.